The van der Waals surface area contributed by atoms with Crippen LogP contribution in [-0.4, -0.2) is 27.1 Å². The van der Waals surface area contributed by atoms with Gasteiger partial charge in [0.1, 0.15) is 11.5 Å². The minimum absolute atomic E-state index is 0.0762. The van der Waals surface area contributed by atoms with Crippen molar-refractivity contribution in [2.45, 2.75) is 13.0 Å². The first-order valence-corrected chi connectivity index (χ1v) is 9.35. The molecule has 0 aliphatic rings. The Bertz CT molecular complexity index is 776. The number of carbonyl (C=O) groups is 1. The second-order valence-corrected chi connectivity index (χ2v) is 7.05. The summed E-state index contributed by atoms with van der Waals surface area (Å²) < 4.78 is 30.0. The monoisotopic (exact) mass is 348 g/mol. The predicted molar refractivity (Wildman–Crippen MR) is 92.3 cm³/mol. The van der Waals surface area contributed by atoms with Gasteiger partial charge < -0.3 is 10.1 Å². The van der Waals surface area contributed by atoms with E-state index in [4.69, 9.17) is 4.74 Å². The maximum Gasteiger partial charge on any atom is 0.221 e. The van der Waals surface area contributed by atoms with Crippen molar-refractivity contribution in [3.8, 4) is 11.5 Å². The summed E-state index contributed by atoms with van der Waals surface area (Å²) in [6.45, 7) is 0.382. The molecule has 2 rings (SSSR count). The van der Waals surface area contributed by atoms with Crippen molar-refractivity contribution in [3.05, 3.63) is 60.2 Å². The third-order valence-corrected chi connectivity index (χ3v) is 3.86. The summed E-state index contributed by atoms with van der Waals surface area (Å²) in [7, 11) is -3.28. The van der Waals surface area contributed by atoms with Crippen molar-refractivity contribution in [1.29, 1.82) is 0 Å². The van der Waals surface area contributed by atoms with E-state index in [0.717, 1.165) is 11.8 Å². The van der Waals surface area contributed by atoms with Crippen LogP contribution in [0.15, 0.2) is 54.6 Å². The van der Waals surface area contributed by atoms with Crippen LogP contribution < -0.4 is 14.8 Å². The minimum Gasteiger partial charge on any atom is -0.457 e. The Kier molecular flexibility index (Phi) is 6.34. The molecule has 2 aromatic carbocycles. The number of benzene rings is 2. The van der Waals surface area contributed by atoms with Gasteiger partial charge >= 0.3 is 0 Å². The molecule has 0 radical (unpaired) electrons. The van der Waals surface area contributed by atoms with Gasteiger partial charge in [0.2, 0.25) is 15.9 Å². The Hall–Kier alpha value is -2.38. The summed E-state index contributed by atoms with van der Waals surface area (Å²) in [6.07, 6.45) is 1.14. The molecule has 0 saturated carbocycles. The van der Waals surface area contributed by atoms with E-state index in [2.05, 4.69) is 10.0 Å². The number of para-hydroxylation sites is 2. The van der Waals surface area contributed by atoms with E-state index in [1.807, 2.05) is 54.6 Å². The highest BCUT2D eigenvalue weighted by Gasteiger charge is 2.08. The molecule has 0 aliphatic carbocycles. The summed E-state index contributed by atoms with van der Waals surface area (Å²) in [5.74, 6) is 1.15. The number of sulfonamides is 1. The van der Waals surface area contributed by atoms with Crippen LogP contribution in [-0.2, 0) is 21.4 Å². The number of amides is 1. The lowest BCUT2D eigenvalue weighted by molar-refractivity contribution is -0.121. The first kappa shape index (κ1) is 18.0. The molecule has 0 aromatic heterocycles. The molecule has 0 bridgehead atoms. The van der Waals surface area contributed by atoms with Gasteiger partial charge in [-0.05, 0) is 18.2 Å². The van der Waals surface area contributed by atoms with E-state index >= 15 is 0 Å². The highest BCUT2D eigenvalue weighted by atomic mass is 32.2. The molecule has 24 heavy (non-hydrogen) atoms. The third-order valence-electron chi connectivity index (χ3n) is 3.14. The molecular formula is C17H20N2O4S. The summed E-state index contributed by atoms with van der Waals surface area (Å²) in [6, 6.07) is 16.8. The lowest BCUT2D eigenvalue weighted by Crippen LogP contribution is -2.29. The topological polar surface area (TPSA) is 84.5 Å². The zero-order valence-electron chi connectivity index (χ0n) is 13.4. The summed E-state index contributed by atoms with van der Waals surface area (Å²) in [5, 5.41) is 2.76. The number of hydrogen-bond donors (Lipinski definition) is 2. The van der Waals surface area contributed by atoms with Gasteiger partial charge in [-0.2, -0.15) is 0 Å². The molecule has 0 fully saturated rings. The van der Waals surface area contributed by atoms with E-state index in [1.54, 1.807) is 0 Å². The second kappa shape index (κ2) is 8.47. The molecule has 128 valence electrons. The highest BCUT2D eigenvalue weighted by molar-refractivity contribution is 7.88. The highest BCUT2D eigenvalue weighted by Crippen LogP contribution is 2.24. The van der Waals surface area contributed by atoms with Gasteiger partial charge in [-0.1, -0.05) is 36.4 Å². The fourth-order valence-electron chi connectivity index (χ4n) is 2.00. The van der Waals surface area contributed by atoms with E-state index < -0.39 is 10.0 Å². The molecule has 0 atom stereocenters. The van der Waals surface area contributed by atoms with Gasteiger partial charge in [-0.25, -0.2) is 13.1 Å². The average Bonchev–Trinajstić information content (AvgIpc) is 2.54. The molecule has 0 heterocycles. The molecule has 2 aromatic rings. The normalized spacial score (nSPS) is 11.0. The molecule has 0 aliphatic heterocycles. The smallest absolute Gasteiger partial charge is 0.221 e. The lowest BCUT2D eigenvalue weighted by atomic mass is 10.2. The Morgan fingerprint density at radius 1 is 1.04 bits per heavy atom. The number of nitrogens with one attached hydrogen (secondary N) is 2. The van der Waals surface area contributed by atoms with Gasteiger partial charge in [0.05, 0.1) is 6.26 Å². The second-order valence-electron chi connectivity index (χ2n) is 5.22. The summed E-state index contributed by atoms with van der Waals surface area (Å²) in [4.78, 5) is 11.8. The van der Waals surface area contributed by atoms with Crippen LogP contribution in [0.4, 0.5) is 0 Å². The lowest BCUT2D eigenvalue weighted by Gasteiger charge is -2.12. The fourth-order valence-corrected chi connectivity index (χ4v) is 2.47. The molecule has 0 spiro atoms. The number of ether oxygens (including phenoxy) is 1. The number of rotatable bonds is 8. The van der Waals surface area contributed by atoms with Crippen LogP contribution in [0.2, 0.25) is 0 Å². The molecule has 0 saturated heterocycles. The molecular weight excluding hydrogens is 328 g/mol. The Morgan fingerprint density at radius 2 is 1.71 bits per heavy atom. The van der Waals surface area contributed by atoms with Gasteiger partial charge in [-0.15, -0.1) is 0 Å². The van der Waals surface area contributed by atoms with Crippen LogP contribution in [0.3, 0.4) is 0 Å². The third kappa shape index (κ3) is 6.39. The molecule has 2 N–H and O–H groups in total. The van der Waals surface area contributed by atoms with Gasteiger partial charge in [0, 0.05) is 25.1 Å². The van der Waals surface area contributed by atoms with Crippen molar-refractivity contribution in [2.24, 2.45) is 0 Å². The van der Waals surface area contributed by atoms with Crippen molar-refractivity contribution >= 4 is 15.9 Å². The predicted octanol–water partition coefficient (Wildman–Crippen LogP) is 2.03. The Labute approximate surface area is 141 Å². The molecule has 0 unspecified atom stereocenters. The van der Waals surface area contributed by atoms with Crippen molar-refractivity contribution in [3.63, 3.8) is 0 Å². The summed E-state index contributed by atoms with van der Waals surface area (Å²) >= 11 is 0. The number of carbonyl (C=O) groups excluding carboxylic acids is 1. The fraction of sp³-hybridized carbons (Fsp3) is 0.235. The SMILES string of the molecule is CS(=O)(=O)NCCC(=O)NCc1ccccc1Oc1ccccc1. The quantitative estimate of drug-likeness (QED) is 0.764. The van der Waals surface area contributed by atoms with Crippen LogP contribution >= 0.6 is 0 Å². The Balaban J connectivity index is 1.89. The summed E-state index contributed by atoms with van der Waals surface area (Å²) in [5.41, 5.74) is 0.839. The standard InChI is InChI=1S/C17H20N2O4S/c1-24(21,22)19-12-11-17(20)18-13-14-7-5-6-10-16(14)23-15-8-3-2-4-9-15/h2-10,19H,11-13H2,1H3,(H,18,20). The largest absolute Gasteiger partial charge is 0.457 e. The first-order valence-electron chi connectivity index (χ1n) is 7.46. The van der Waals surface area contributed by atoms with E-state index in [0.29, 0.717) is 18.0 Å². The molecule has 6 nitrogen and oxygen atoms in total. The van der Waals surface area contributed by atoms with Crippen LogP contribution in [0, 0.1) is 0 Å². The van der Waals surface area contributed by atoms with Crippen LogP contribution in [0.25, 0.3) is 0 Å². The van der Waals surface area contributed by atoms with E-state index in [-0.39, 0.29) is 18.9 Å². The maximum atomic E-state index is 11.8. The van der Waals surface area contributed by atoms with E-state index in [1.165, 1.54) is 0 Å². The molecule has 7 heteroatoms. The zero-order valence-corrected chi connectivity index (χ0v) is 14.2. The van der Waals surface area contributed by atoms with Crippen molar-refractivity contribution < 1.29 is 17.9 Å². The van der Waals surface area contributed by atoms with Crippen molar-refractivity contribution in [2.75, 3.05) is 12.8 Å². The van der Waals surface area contributed by atoms with Gasteiger partial charge in [0.15, 0.2) is 0 Å². The van der Waals surface area contributed by atoms with Crippen LogP contribution in [0.5, 0.6) is 11.5 Å². The van der Waals surface area contributed by atoms with E-state index in [9.17, 15) is 13.2 Å². The number of hydrogen-bond acceptors (Lipinski definition) is 4. The van der Waals surface area contributed by atoms with Gasteiger partial charge in [-0.3, -0.25) is 4.79 Å². The maximum absolute atomic E-state index is 11.8. The zero-order chi connectivity index (χ0) is 17.4. The Morgan fingerprint density at radius 3 is 2.42 bits per heavy atom. The first-order chi connectivity index (χ1) is 11.4. The molecule has 1 amide bonds. The minimum atomic E-state index is -3.28. The van der Waals surface area contributed by atoms with Crippen molar-refractivity contribution in [1.82, 2.24) is 10.0 Å². The average molecular weight is 348 g/mol. The van der Waals surface area contributed by atoms with Crippen LogP contribution in [0.1, 0.15) is 12.0 Å². The van der Waals surface area contributed by atoms with Gasteiger partial charge in [0.25, 0.3) is 0 Å².